The molecule has 0 aliphatic heterocycles. The highest BCUT2D eigenvalue weighted by Gasteiger charge is 2.23. The molecule has 0 aromatic carbocycles. The molecule has 0 amide bonds. The van der Waals surface area contributed by atoms with Crippen molar-refractivity contribution in [3.8, 4) is 0 Å². The number of rotatable bonds is 4. The Morgan fingerprint density at radius 2 is 2.20 bits per heavy atom. The van der Waals surface area contributed by atoms with Gasteiger partial charge in [0.2, 0.25) is 0 Å². The van der Waals surface area contributed by atoms with Crippen molar-refractivity contribution >= 4 is 17.4 Å². The predicted molar refractivity (Wildman–Crippen MR) is 62.4 cm³/mol. The maximum absolute atomic E-state index is 5.95. The zero-order valence-electron chi connectivity index (χ0n) is 9.20. The zero-order valence-corrected chi connectivity index (χ0v) is 9.96. The number of hydrogen-bond acceptors (Lipinski definition) is 3. The summed E-state index contributed by atoms with van der Waals surface area (Å²) in [5, 5.41) is 0.541. The Kier molecular flexibility index (Phi) is 3.10. The predicted octanol–water partition coefficient (Wildman–Crippen LogP) is 2.54. The van der Waals surface area contributed by atoms with Gasteiger partial charge in [-0.25, -0.2) is 9.97 Å². The number of aromatic nitrogens is 2. The SMILES string of the molecule is CCc1nc(Cl)cc(N(C)CC2CC2)n1. The molecular weight excluding hydrogens is 210 g/mol. The second-order valence-electron chi connectivity index (χ2n) is 4.14. The molecule has 0 saturated heterocycles. The standard InChI is InChI=1S/C11H16ClN3/c1-3-10-13-9(12)6-11(14-10)15(2)7-8-4-5-8/h6,8H,3-5,7H2,1-2H3. The first kappa shape index (κ1) is 10.7. The molecular formula is C11H16ClN3. The average Bonchev–Trinajstić information content (AvgIpc) is 3.00. The van der Waals surface area contributed by atoms with Crippen LogP contribution >= 0.6 is 11.6 Å². The number of anilines is 1. The van der Waals surface area contributed by atoms with E-state index in [-0.39, 0.29) is 0 Å². The van der Waals surface area contributed by atoms with Crippen molar-refractivity contribution in [3.63, 3.8) is 0 Å². The summed E-state index contributed by atoms with van der Waals surface area (Å²) < 4.78 is 0. The van der Waals surface area contributed by atoms with Crippen LogP contribution in [0.15, 0.2) is 6.07 Å². The molecule has 0 bridgehead atoms. The van der Waals surface area contributed by atoms with Gasteiger partial charge in [0.05, 0.1) is 0 Å². The van der Waals surface area contributed by atoms with Crippen molar-refractivity contribution in [2.75, 3.05) is 18.5 Å². The van der Waals surface area contributed by atoms with Gasteiger partial charge in [0, 0.05) is 26.1 Å². The maximum atomic E-state index is 5.95. The molecule has 0 unspecified atom stereocenters. The normalized spacial score (nSPS) is 15.4. The molecule has 82 valence electrons. The first-order chi connectivity index (χ1) is 7.19. The van der Waals surface area contributed by atoms with Crippen LogP contribution in [0.4, 0.5) is 5.82 Å². The van der Waals surface area contributed by atoms with Crippen LogP contribution in [0.25, 0.3) is 0 Å². The number of aryl methyl sites for hydroxylation is 1. The first-order valence-electron chi connectivity index (χ1n) is 5.43. The Morgan fingerprint density at radius 1 is 1.47 bits per heavy atom. The monoisotopic (exact) mass is 225 g/mol. The summed E-state index contributed by atoms with van der Waals surface area (Å²) in [6.45, 7) is 3.12. The van der Waals surface area contributed by atoms with Gasteiger partial charge in [-0.2, -0.15) is 0 Å². The number of hydrogen-bond donors (Lipinski definition) is 0. The van der Waals surface area contributed by atoms with Crippen molar-refractivity contribution in [3.05, 3.63) is 17.0 Å². The number of halogens is 1. The van der Waals surface area contributed by atoms with Crippen LogP contribution < -0.4 is 4.90 Å². The molecule has 2 rings (SSSR count). The van der Waals surface area contributed by atoms with Gasteiger partial charge in [0.15, 0.2) is 0 Å². The third-order valence-corrected chi connectivity index (χ3v) is 2.86. The fraction of sp³-hybridized carbons (Fsp3) is 0.636. The highest BCUT2D eigenvalue weighted by molar-refractivity contribution is 6.29. The summed E-state index contributed by atoms with van der Waals surface area (Å²) in [4.78, 5) is 10.8. The summed E-state index contributed by atoms with van der Waals surface area (Å²) in [6, 6.07) is 1.84. The second-order valence-corrected chi connectivity index (χ2v) is 4.53. The molecule has 1 fully saturated rings. The Bertz CT molecular complexity index is 350. The molecule has 4 heteroatoms. The lowest BCUT2D eigenvalue weighted by Crippen LogP contribution is -2.21. The topological polar surface area (TPSA) is 29.0 Å². The molecule has 1 aliphatic carbocycles. The summed E-state index contributed by atoms with van der Waals surface area (Å²) >= 11 is 5.95. The Balaban J connectivity index is 2.13. The average molecular weight is 226 g/mol. The van der Waals surface area contributed by atoms with E-state index < -0.39 is 0 Å². The Labute approximate surface area is 95.5 Å². The quantitative estimate of drug-likeness (QED) is 0.738. The van der Waals surface area contributed by atoms with Crippen molar-refractivity contribution in [1.82, 2.24) is 9.97 Å². The molecule has 15 heavy (non-hydrogen) atoms. The van der Waals surface area contributed by atoms with Gasteiger partial charge in [-0.15, -0.1) is 0 Å². The van der Waals surface area contributed by atoms with Gasteiger partial charge in [-0.1, -0.05) is 18.5 Å². The van der Waals surface area contributed by atoms with Crippen LogP contribution in [-0.4, -0.2) is 23.6 Å². The van der Waals surface area contributed by atoms with E-state index >= 15 is 0 Å². The van der Waals surface area contributed by atoms with Crippen molar-refractivity contribution < 1.29 is 0 Å². The maximum Gasteiger partial charge on any atom is 0.134 e. The van der Waals surface area contributed by atoms with E-state index in [1.54, 1.807) is 0 Å². The van der Waals surface area contributed by atoms with E-state index in [4.69, 9.17) is 11.6 Å². The third-order valence-electron chi connectivity index (χ3n) is 2.66. The lowest BCUT2D eigenvalue weighted by Gasteiger charge is -2.18. The molecule has 0 atom stereocenters. The van der Waals surface area contributed by atoms with Gasteiger partial charge in [0.1, 0.15) is 16.8 Å². The van der Waals surface area contributed by atoms with Gasteiger partial charge in [-0.3, -0.25) is 0 Å². The molecule has 1 heterocycles. The molecule has 3 nitrogen and oxygen atoms in total. The van der Waals surface area contributed by atoms with Crippen molar-refractivity contribution in [1.29, 1.82) is 0 Å². The summed E-state index contributed by atoms with van der Waals surface area (Å²) in [7, 11) is 2.07. The molecule has 1 aliphatic rings. The second kappa shape index (κ2) is 4.35. The fourth-order valence-electron chi connectivity index (χ4n) is 1.59. The fourth-order valence-corrected chi connectivity index (χ4v) is 1.78. The van der Waals surface area contributed by atoms with Crippen LogP contribution in [0.3, 0.4) is 0 Å². The van der Waals surface area contributed by atoms with Gasteiger partial charge < -0.3 is 4.90 Å². The summed E-state index contributed by atoms with van der Waals surface area (Å²) in [5.74, 6) is 2.62. The van der Waals surface area contributed by atoms with Crippen LogP contribution in [-0.2, 0) is 6.42 Å². The minimum absolute atomic E-state index is 0.541. The number of nitrogens with zero attached hydrogens (tertiary/aromatic N) is 3. The van der Waals surface area contributed by atoms with E-state index in [9.17, 15) is 0 Å². The smallest absolute Gasteiger partial charge is 0.134 e. The Morgan fingerprint density at radius 3 is 2.80 bits per heavy atom. The molecule has 1 aromatic heterocycles. The minimum atomic E-state index is 0.541. The van der Waals surface area contributed by atoms with Crippen LogP contribution in [0, 0.1) is 5.92 Å². The molecule has 0 N–H and O–H groups in total. The third kappa shape index (κ3) is 2.81. The van der Waals surface area contributed by atoms with E-state index in [1.165, 1.54) is 12.8 Å². The van der Waals surface area contributed by atoms with E-state index in [2.05, 4.69) is 21.9 Å². The minimum Gasteiger partial charge on any atom is -0.359 e. The molecule has 0 radical (unpaired) electrons. The summed E-state index contributed by atoms with van der Waals surface area (Å²) in [5.41, 5.74) is 0. The van der Waals surface area contributed by atoms with Crippen molar-refractivity contribution in [2.45, 2.75) is 26.2 Å². The first-order valence-corrected chi connectivity index (χ1v) is 5.81. The van der Waals surface area contributed by atoms with E-state index in [0.717, 1.165) is 30.5 Å². The zero-order chi connectivity index (χ0) is 10.8. The summed E-state index contributed by atoms with van der Waals surface area (Å²) in [6.07, 6.45) is 3.53. The Hall–Kier alpha value is -0.830. The lowest BCUT2D eigenvalue weighted by molar-refractivity contribution is 0.769. The molecule has 0 spiro atoms. The lowest BCUT2D eigenvalue weighted by atomic mass is 10.3. The van der Waals surface area contributed by atoms with Gasteiger partial charge in [-0.05, 0) is 18.8 Å². The highest BCUT2D eigenvalue weighted by Crippen LogP contribution is 2.30. The largest absolute Gasteiger partial charge is 0.359 e. The highest BCUT2D eigenvalue weighted by atomic mass is 35.5. The molecule has 1 saturated carbocycles. The van der Waals surface area contributed by atoms with Crippen LogP contribution in [0.2, 0.25) is 5.15 Å². The van der Waals surface area contributed by atoms with E-state index in [1.807, 2.05) is 13.0 Å². The van der Waals surface area contributed by atoms with E-state index in [0.29, 0.717) is 5.15 Å². The molecule has 1 aromatic rings. The van der Waals surface area contributed by atoms with Gasteiger partial charge >= 0.3 is 0 Å². The van der Waals surface area contributed by atoms with Crippen LogP contribution in [0.1, 0.15) is 25.6 Å². The van der Waals surface area contributed by atoms with Crippen molar-refractivity contribution in [2.24, 2.45) is 5.92 Å². The van der Waals surface area contributed by atoms with Gasteiger partial charge in [0.25, 0.3) is 0 Å². The van der Waals surface area contributed by atoms with Crippen LogP contribution in [0.5, 0.6) is 0 Å².